The van der Waals surface area contributed by atoms with Crippen molar-refractivity contribution in [2.24, 2.45) is 4.99 Å². The molecule has 0 aromatic heterocycles. The zero-order chi connectivity index (χ0) is 19.2. The van der Waals surface area contributed by atoms with Crippen molar-refractivity contribution in [1.82, 2.24) is 10.6 Å². The molecule has 0 bridgehead atoms. The van der Waals surface area contributed by atoms with Gasteiger partial charge in [0.1, 0.15) is 0 Å². The molecule has 146 valence electrons. The third-order valence-corrected chi connectivity index (χ3v) is 5.07. The van der Waals surface area contributed by atoms with Crippen molar-refractivity contribution >= 4 is 16.8 Å². The molecule has 27 heavy (non-hydrogen) atoms. The van der Waals surface area contributed by atoms with Gasteiger partial charge in [0.05, 0.1) is 19.8 Å². The zero-order valence-corrected chi connectivity index (χ0v) is 16.7. The van der Waals surface area contributed by atoms with E-state index in [1.807, 2.05) is 67.6 Å². The Morgan fingerprint density at radius 2 is 1.67 bits per heavy atom. The van der Waals surface area contributed by atoms with Gasteiger partial charge in [-0.15, -0.1) is 0 Å². The molecule has 1 unspecified atom stereocenters. The maximum atomic E-state index is 12.2. The highest BCUT2D eigenvalue weighted by molar-refractivity contribution is 7.84. The second-order valence-corrected chi connectivity index (χ2v) is 7.58. The molecular weight excluding hydrogens is 358 g/mol. The molecule has 0 heterocycles. The van der Waals surface area contributed by atoms with Crippen molar-refractivity contribution in [1.29, 1.82) is 0 Å². The Morgan fingerprint density at radius 1 is 1.00 bits per heavy atom. The van der Waals surface area contributed by atoms with Gasteiger partial charge in [-0.25, -0.2) is 0 Å². The van der Waals surface area contributed by atoms with Crippen LogP contribution in [0.5, 0.6) is 0 Å². The smallest absolute Gasteiger partial charge is 0.191 e. The molecule has 0 saturated heterocycles. The number of rotatable bonds is 11. The second-order valence-electron chi connectivity index (χ2n) is 6.00. The van der Waals surface area contributed by atoms with E-state index in [9.17, 15) is 4.21 Å². The summed E-state index contributed by atoms with van der Waals surface area (Å²) in [6, 6.07) is 20.0. The Hall–Kier alpha value is -2.18. The van der Waals surface area contributed by atoms with Gasteiger partial charge >= 0.3 is 0 Å². The number of hydrogen-bond donors (Lipinski definition) is 2. The van der Waals surface area contributed by atoms with Crippen molar-refractivity contribution in [3.8, 4) is 0 Å². The number of aliphatic imine (C=N–C) groups is 1. The average molecular weight is 388 g/mol. The first-order valence-electron chi connectivity index (χ1n) is 9.30. The molecule has 0 aliphatic rings. The maximum absolute atomic E-state index is 12.2. The molecule has 2 N–H and O–H groups in total. The van der Waals surface area contributed by atoms with Crippen LogP contribution >= 0.6 is 0 Å². The third-order valence-electron chi connectivity index (χ3n) is 3.75. The van der Waals surface area contributed by atoms with Crippen LogP contribution < -0.4 is 10.6 Å². The van der Waals surface area contributed by atoms with Crippen LogP contribution in [0.15, 0.2) is 65.7 Å². The van der Waals surface area contributed by atoms with Gasteiger partial charge in [0.15, 0.2) is 5.96 Å². The quantitative estimate of drug-likeness (QED) is 0.354. The summed E-state index contributed by atoms with van der Waals surface area (Å²) in [5, 5.41) is 6.44. The van der Waals surface area contributed by atoms with E-state index in [-0.39, 0.29) is 0 Å². The van der Waals surface area contributed by atoms with E-state index in [0.29, 0.717) is 37.8 Å². The Morgan fingerprint density at radius 3 is 2.33 bits per heavy atom. The minimum Gasteiger partial charge on any atom is -0.375 e. The van der Waals surface area contributed by atoms with Crippen LogP contribution in [0.25, 0.3) is 0 Å². The second kappa shape index (κ2) is 13.1. The zero-order valence-electron chi connectivity index (χ0n) is 15.9. The highest BCUT2D eigenvalue weighted by atomic mass is 32.2. The van der Waals surface area contributed by atoms with E-state index in [1.165, 1.54) is 0 Å². The molecule has 5 nitrogen and oxygen atoms in total. The summed E-state index contributed by atoms with van der Waals surface area (Å²) in [6.07, 6.45) is 0. The molecule has 6 heteroatoms. The molecule has 0 aliphatic heterocycles. The lowest BCUT2D eigenvalue weighted by Gasteiger charge is -2.11. The van der Waals surface area contributed by atoms with Gasteiger partial charge in [0, 0.05) is 35.4 Å². The van der Waals surface area contributed by atoms with E-state index >= 15 is 0 Å². The molecule has 0 spiro atoms. The summed E-state index contributed by atoms with van der Waals surface area (Å²) in [5.41, 5.74) is 2.26. The van der Waals surface area contributed by atoms with Crippen LogP contribution in [0.2, 0.25) is 0 Å². The molecule has 0 amide bonds. The Kier molecular flexibility index (Phi) is 10.2. The van der Waals surface area contributed by atoms with Gasteiger partial charge < -0.3 is 15.4 Å². The topological polar surface area (TPSA) is 62.7 Å². The molecule has 0 radical (unpaired) electrons. The minimum atomic E-state index is -0.891. The predicted octanol–water partition coefficient (Wildman–Crippen LogP) is 2.71. The number of ether oxygens (including phenoxy) is 1. The molecule has 2 rings (SSSR count). The number of guanidine groups is 1. The fourth-order valence-corrected chi connectivity index (χ4v) is 3.48. The van der Waals surface area contributed by atoms with Crippen molar-refractivity contribution in [2.75, 3.05) is 32.0 Å². The lowest BCUT2D eigenvalue weighted by Crippen LogP contribution is -2.39. The Bertz CT molecular complexity index is 693. The van der Waals surface area contributed by atoms with Gasteiger partial charge in [0.25, 0.3) is 0 Å². The van der Waals surface area contributed by atoms with Crippen molar-refractivity contribution < 1.29 is 8.95 Å². The lowest BCUT2D eigenvalue weighted by atomic mass is 10.2. The maximum Gasteiger partial charge on any atom is 0.191 e. The number of nitrogens with zero attached hydrogens (tertiary/aromatic N) is 1. The van der Waals surface area contributed by atoms with Crippen LogP contribution in [0.3, 0.4) is 0 Å². The van der Waals surface area contributed by atoms with Crippen LogP contribution in [0, 0.1) is 0 Å². The van der Waals surface area contributed by atoms with Gasteiger partial charge in [-0.1, -0.05) is 60.7 Å². The van der Waals surface area contributed by atoms with Crippen LogP contribution in [0.1, 0.15) is 18.1 Å². The summed E-state index contributed by atoms with van der Waals surface area (Å²) < 4.78 is 17.8. The van der Waals surface area contributed by atoms with Gasteiger partial charge in [-0.3, -0.25) is 9.20 Å². The monoisotopic (exact) mass is 387 g/mol. The highest BCUT2D eigenvalue weighted by Gasteiger charge is 2.03. The van der Waals surface area contributed by atoms with E-state index in [1.54, 1.807) is 0 Å². The Balaban J connectivity index is 1.64. The SMILES string of the molecule is CCNC(=NCCOCc1ccccc1)NCCS(=O)Cc1ccccc1. The summed E-state index contributed by atoms with van der Waals surface area (Å²) in [6.45, 7) is 5.16. The van der Waals surface area contributed by atoms with Crippen molar-refractivity contribution in [3.05, 3.63) is 71.8 Å². The molecule has 2 aromatic carbocycles. The van der Waals surface area contributed by atoms with Crippen LogP contribution in [-0.4, -0.2) is 42.2 Å². The first kappa shape index (κ1) is 21.1. The van der Waals surface area contributed by atoms with Crippen molar-refractivity contribution in [3.63, 3.8) is 0 Å². The standard InChI is InChI=1S/C21H29N3O2S/c1-2-22-21(23-13-15-26-17-19-9-5-3-6-10-19)24-14-16-27(25)18-20-11-7-4-8-12-20/h3-12H,2,13-18H2,1H3,(H2,22,23,24). The van der Waals surface area contributed by atoms with Crippen molar-refractivity contribution in [2.45, 2.75) is 19.3 Å². The van der Waals surface area contributed by atoms with Crippen LogP contribution in [-0.2, 0) is 27.9 Å². The summed E-state index contributed by atoms with van der Waals surface area (Å²) in [7, 11) is -0.891. The molecule has 0 saturated carbocycles. The van der Waals surface area contributed by atoms with E-state index in [2.05, 4.69) is 15.6 Å². The highest BCUT2D eigenvalue weighted by Crippen LogP contribution is 2.02. The van der Waals surface area contributed by atoms with E-state index < -0.39 is 10.8 Å². The number of nitrogens with one attached hydrogen (secondary N) is 2. The predicted molar refractivity (Wildman–Crippen MR) is 113 cm³/mol. The molecule has 1 atom stereocenters. The number of hydrogen-bond acceptors (Lipinski definition) is 3. The largest absolute Gasteiger partial charge is 0.375 e. The lowest BCUT2D eigenvalue weighted by molar-refractivity contribution is 0.128. The fourth-order valence-electron chi connectivity index (χ4n) is 2.44. The first-order chi connectivity index (χ1) is 13.3. The summed E-state index contributed by atoms with van der Waals surface area (Å²) in [5.74, 6) is 1.91. The first-order valence-corrected chi connectivity index (χ1v) is 10.8. The average Bonchev–Trinajstić information content (AvgIpc) is 2.69. The molecule has 0 aliphatic carbocycles. The summed E-state index contributed by atoms with van der Waals surface area (Å²) >= 11 is 0. The molecule has 2 aromatic rings. The molecular formula is C21H29N3O2S. The van der Waals surface area contributed by atoms with E-state index in [4.69, 9.17) is 4.74 Å². The Labute approximate surface area is 164 Å². The fraction of sp³-hybridized carbons (Fsp3) is 0.381. The third kappa shape index (κ3) is 9.35. The van der Waals surface area contributed by atoms with E-state index in [0.717, 1.165) is 23.6 Å². The molecule has 0 fully saturated rings. The van der Waals surface area contributed by atoms with Crippen LogP contribution in [0.4, 0.5) is 0 Å². The van der Waals surface area contributed by atoms with Gasteiger partial charge in [-0.05, 0) is 18.1 Å². The minimum absolute atomic E-state index is 0.561. The number of benzene rings is 2. The van der Waals surface area contributed by atoms with Gasteiger partial charge in [0.2, 0.25) is 0 Å². The summed E-state index contributed by atoms with van der Waals surface area (Å²) in [4.78, 5) is 4.50. The normalized spacial score (nSPS) is 12.6. The van der Waals surface area contributed by atoms with Gasteiger partial charge in [-0.2, -0.15) is 0 Å².